The Morgan fingerprint density at radius 3 is 1.78 bits per heavy atom. The minimum absolute atomic E-state index is 0.152. The first-order chi connectivity index (χ1) is 15.8. The molecule has 5 rings (SSSR count). The van der Waals surface area contributed by atoms with Crippen LogP contribution in [0.5, 0.6) is 0 Å². The molecular weight excluding hydrogens is 432 g/mol. The lowest BCUT2D eigenvalue weighted by Crippen LogP contribution is -2.49. The highest BCUT2D eigenvalue weighted by Crippen LogP contribution is 2.45. The maximum Gasteiger partial charge on any atom is 0.253 e. The third-order valence-corrected chi connectivity index (χ3v) is 9.35. The first-order valence-electron chi connectivity index (χ1n) is 11.3. The standard InChI is InChI=1S/C27H28N2OS2/c30-26(23-11-13-24(14-12-23)27-31-19-20-32-27)29-17-15-28(16-18-29)25(21-7-3-1-4-8-21)22-9-5-2-6-10-22/h1-14,25,27H,15-20H2. The van der Waals surface area contributed by atoms with Crippen molar-refractivity contribution in [2.75, 3.05) is 37.7 Å². The Kier molecular flexibility index (Phi) is 6.86. The third-order valence-electron chi connectivity index (χ3n) is 6.25. The summed E-state index contributed by atoms with van der Waals surface area (Å²) in [5.74, 6) is 2.58. The largest absolute Gasteiger partial charge is 0.336 e. The van der Waals surface area contributed by atoms with E-state index in [0.29, 0.717) is 4.58 Å². The van der Waals surface area contributed by atoms with Crippen LogP contribution in [0.4, 0.5) is 0 Å². The van der Waals surface area contributed by atoms with Gasteiger partial charge >= 0.3 is 0 Å². The second-order valence-electron chi connectivity index (χ2n) is 8.25. The number of hydrogen-bond acceptors (Lipinski definition) is 4. The molecule has 2 saturated heterocycles. The zero-order valence-corrected chi connectivity index (χ0v) is 19.7. The first kappa shape index (κ1) is 21.6. The van der Waals surface area contributed by atoms with Gasteiger partial charge in [-0.2, -0.15) is 0 Å². The highest BCUT2D eigenvalue weighted by atomic mass is 32.2. The van der Waals surface area contributed by atoms with Crippen LogP contribution < -0.4 is 0 Å². The Morgan fingerprint density at radius 1 is 0.719 bits per heavy atom. The number of nitrogens with zero attached hydrogens (tertiary/aromatic N) is 2. The van der Waals surface area contributed by atoms with Crippen LogP contribution in [0.15, 0.2) is 84.9 Å². The van der Waals surface area contributed by atoms with Crippen LogP contribution in [0.25, 0.3) is 0 Å². The molecule has 0 atom stereocenters. The molecule has 2 aliphatic rings. The van der Waals surface area contributed by atoms with E-state index < -0.39 is 0 Å². The smallest absolute Gasteiger partial charge is 0.253 e. The fourth-order valence-corrected chi connectivity index (χ4v) is 7.44. The normalized spacial score (nSPS) is 17.7. The molecule has 32 heavy (non-hydrogen) atoms. The van der Waals surface area contributed by atoms with Gasteiger partial charge < -0.3 is 4.90 Å². The van der Waals surface area contributed by atoms with Crippen molar-refractivity contribution in [3.63, 3.8) is 0 Å². The summed E-state index contributed by atoms with van der Waals surface area (Å²) in [6.45, 7) is 3.25. The van der Waals surface area contributed by atoms with Crippen LogP contribution in [0.2, 0.25) is 0 Å². The quantitative estimate of drug-likeness (QED) is 0.486. The molecule has 0 bridgehead atoms. The van der Waals surface area contributed by atoms with Crippen molar-refractivity contribution >= 4 is 29.4 Å². The summed E-state index contributed by atoms with van der Waals surface area (Å²) in [7, 11) is 0. The third kappa shape index (κ3) is 4.75. The summed E-state index contributed by atoms with van der Waals surface area (Å²) >= 11 is 4.00. The predicted molar refractivity (Wildman–Crippen MR) is 136 cm³/mol. The highest BCUT2D eigenvalue weighted by Gasteiger charge is 2.28. The van der Waals surface area contributed by atoms with Crippen LogP contribution in [0, 0.1) is 0 Å². The molecule has 0 saturated carbocycles. The molecule has 0 spiro atoms. The lowest BCUT2D eigenvalue weighted by molar-refractivity contribution is 0.0597. The molecule has 3 aromatic rings. The number of carbonyl (C=O) groups is 1. The summed E-state index contributed by atoms with van der Waals surface area (Å²) in [6.07, 6.45) is 0. The number of rotatable bonds is 5. The van der Waals surface area contributed by atoms with Gasteiger partial charge in [-0.05, 0) is 28.8 Å². The van der Waals surface area contributed by atoms with Gasteiger partial charge in [-0.15, -0.1) is 23.5 Å². The zero-order chi connectivity index (χ0) is 21.8. The molecule has 0 aliphatic carbocycles. The van der Waals surface area contributed by atoms with E-state index in [4.69, 9.17) is 0 Å². The Labute approximate surface area is 199 Å². The molecule has 1 amide bonds. The van der Waals surface area contributed by atoms with Crippen LogP contribution in [0.3, 0.4) is 0 Å². The molecular formula is C27H28N2OS2. The second kappa shape index (κ2) is 10.2. The van der Waals surface area contributed by atoms with Crippen molar-refractivity contribution < 1.29 is 4.79 Å². The van der Waals surface area contributed by atoms with Crippen LogP contribution in [-0.2, 0) is 0 Å². The number of amides is 1. The van der Waals surface area contributed by atoms with Crippen molar-refractivity contribution in [3.8, 4) is 0 Å². The van der Waals surface area contributed by atoms with Gasteiger partial charge in [0.2, 0.25) is 0 Å². The van der Waals surface area contributed by atoms with E-state index in [1.54, 1.807) is 0 Å². The molecule has 2 aliphatic heterocycles. The lowest BCUT2D eigenvalue weighted by Gasteiger charge is -2.39. The Hall–Kier alpha value is -2.21. The maximum atomic E-state index is 13.1. The van der Waals surface area contributed by atoms with Crippen molar-refractivity contribution in [2.45, 2.75) is 10.6 Å². The minimum atomic E-state index is 0.152. The van der Waals surface area contributed by atoms with Crippen molar-refractivity contribution in [3.05, 3.63) is 107 Å². The summed E-state index contributed by atoms with van der Waals surface area (Å²) in [5, 5.41) is 0. The number of hydrogen-bond donors (Lipinski definition) is 0. The Bertz CT molecular complexity index is 973. The average molecular weight is 461 g/mol. The highest BCUT2D eigenvalue weighted by molar-refractivity contribution is 8.19. The van der Waals surface area contributed by atoms with E-state index in [2.05, 4.69) is 77.7 Å². The van der Waals surface area contributed by atoms with Crippen molar-refractivity contribution in [1.29, 1.82) is 0 Å². The van der Waals surface area contributed by atoms with Gasteiger partial charge in [0.25, 0.3) is 5.91 Å². The van der Waals surface area contributed by atoms with Crippen LogP contribution in [0.1, 0.15) is 37.7 Å². The summed E-state index contributed by atoms with van der Waals surface area (Å²) < 4.78 is 0.524. The van der Waals surface area contributed by atoms with E-state index in [1.165, 1.54) is 28.2 Å². The Morgan fingerprint density at radius 2 is 1.25 bits per heavy atom. The average Bonchev–Trinajstić information content (AvgIpc) is 3.41. The predicted octanol–water partition coefficient (Wildman–Crippen LogP) is 5.71. The van der Waals surface area contributed by atoms with Crippen molar-refractivity contribution in [2.24, 2.45) is 0 Å². The molecule has 3 nitrogen and oxygen atoms in total. The fraction of sp³-hybridized carbons (Fsp3) is 0.296. The van der Waals surface area contributed by atoms with Gasteiger partial charge in [-0.3, -0.25) is 9.69 Å². The van der Waals surface area contributed by atoms with E-state index in [0.717, 1.165) is 31.7 Å². The number of thioether (sulfide) groups is 2. The van der Waals surface area contributed by atoms with Gasteiger partial charge in [-0.1, -0.05) is 72.8 Å². The molecule has 3 aromatic carbocycles. The molecule has 2 heterocycles. The molecule has 0 unspecified atom stereocenters. The van der Waals surface area contributed by atoms with Crippen LogP contribution >= 0.6 is 23.5 Å². The summed E-state index contributed by atoms with van der Waals surface area (Å²) in [4.78, 5) is 17.7. The number of benzene rings is 3. The molecule has 0 N–H and O–H groups in total. The van der Waals surface area contributed by atoms with E-state index >= 15 is 0 Å². The van der Waals surface area contributed by atoms with Gasteiger partial charge in [-0.25, -0.2) is 0 Å². The number of piperazine rings is 1. The topological polar surface area (TPSA) is 23.6 Å². The zero-order valence-electron chi connectivity index (χ0n) is 18.1. The maximum absolute atomic E-state index is 13.1. The lowest BCUT2D eigenvalue weighted by atomic mass is 9.96. The first-order valence-corrected chi connectivity index (χ1v) is 13.4. The molecule has 0 radical (unpaired) electrons. The van der Waals surface area contributed by atoms with E-state index in [-0.39, 0.29) is 11.9 Å². The van der Waals surface area contributed by atoms with E-state index in [1.807, 2.05) is 40.6 Å². The monoisotopic (exact) mass is 460 g/mol. The van der Waals surface area contributed by atoms with Gasteiger partial charge in [0.15, 0.2) is 0 Å². The SMILES string of the molecule is O=C(c1ccc(C2SCCS2)cc1)N1CCN(C(c2ccccc2)c2ccccc2)CC1. The van der Waals surface area contributed by atoms with Crippen LogP contribution in [-0.4, -0.2) is 53.4 Å². The Balaban J connectivity index is 1.27. The van der Waals surface area contributed by atoms with Gasteiger partial charge in [0, 0.05) is 43.2 Å². The molecule has 5 heteroatoms. The second-order valence-corrected chi connectivity index (χ2v) is 11.0. The molecule has 0 aromatic heterocycles. The molecule has 164 valence electrons. The summed E-state index contributed by atoms with van der Waals surface area (Å²) in [6, 6.07) is 29.9. The minimum Gasteiger partial charge on any atom is -0.336 e. The summed E-state index contributed by atoms with van der Waals surface area (Å²) in [5.41, 5.74) is 4.73. The molecule has 2 fully saturated rings. The fourth-order valence-electron chi connectivity index (χ4n) is 4.58. The van der Waals surface area contributed by atoms with E-state index in [9.17, 15) is 4.79 Å². The van der Waals surface area contributed by atoms with Crippen molar-refractivity contribution in [1.82, 2.24) is 9.80 Å². The number of carbonyl (C=O) groups excluding carboxylic acids is 1. The van der Waals surface area contributed by atoms with Gasteiger partial charge in [0.05, 0.1) is 10.6 Å². The van der Waals surface area contributed by atoms with Gasteiger partial charge in [0.1, 0.15) is 0 Å².